The number of unbranched alkanes of at least 4 members (excludes halogenated alkanes) is 1. The number of carbonyl (C=O) groups is 1. The Bertz CT molecular complexity index is 251. The molecule has 0 saturated carbocycles. The summed E-state index contributed by atoms with van der Waals surface area (Å²) in [4.78, 5) is 12.2. The van der Waals surface area contributed by atoms with E-state index in [0.717, 1.165) is 19.3 Å². The van der Waals surface area contributed by atoms with Gasteiger partial charge in [0.25, 0.3) is 0 Å². The van der Waals surface area contributed by atoms with Crippen LogP contribution in [0, 0.1) is 5.92 Å². The monoisotopic (exact) mass is 255 g/mol. The molecule has 1 N–H and O–H groups in total. The van der Waals surface area contributed by atoms with E-state index >= 15 is 0 Å². The zero-order chi connectivity index (χ0) is 14.0. The summed E-state index contributed by atoms with van der Waals surface area (Å²) in [5, 5.41) is 3.12. The summed E-state index contributed by atoms with van der Waals surface area (Å²) >= 11 is 0. The van der Waals surface area contributed by atoms with Crippen LogP contribution in [0.5, 0.6) is 0 Å². The third-order valence-corrected chi connectivity index (χ3v) is 3.34. The Morgan fingerprint density at radius 1 is 1.44 bits per heavy atom. The zero-order valence-corrected chi connectivity index (χ0v) is 12.5. The average Bonchev–Trinajstić information content (AvgIpc) is 2.39. The molecular weight excluding hydrogens is 226 g/mol. The third kappa shape index (κ3) is 5.78. The van der Waals surface area contributed by atoms with Crippen LogP contribution in [0.3, 0.4) is 0 Å². The van der Waals surface area contributed by atoms with Crippen LogP contribution in [0.1, 0.15) is 46.5 Å². The highest BCUT2D eigenvalue weighted by Gasteiger charge is 2.29. The molecule has 0 rings (SSSR count). The van der Waals surface area contributed by atoms with E-state index < -0.39 is 0 Å². The fourth-order valence-corrected chi connectivity index (χ4v) is 2.20. The number of methoxy groups -OCH3 is 1. The molecule has 3 nitrogen and oxygen atoms in total. The normalized spacial score (nSPS) is 16.7. The van der Waals surface area contributed by atoms with Crippen LogP contribution in [0.25, 0.3) is 0 Å². The number of ketones is 1. The van der Waals surface area contributed by atoms with Gasteiger partial charge in [0, 0.05) is 13.5 Å². The van der Waals surface area contributed by atoms with E-state index in [-0.39, 0.29) is 17.9 Å². The van der Waals surface area contributed by atoms with Crippen LogP contribution < -0.4 is 5.32 Å². The van der Waals surface area contributed by atoms with Gasteiger partial charge in [-0.25, -0.2) is 0 Å². The van der Waals surface area contributed by atoms with Crippen LogP contribution >= 0.6 is 0 Å². The molecule has 0 amide bonds. The van der Waals surface area contributed by atoms with Crippen molar-refractivity contribution in [2.45, 2.75) is 58.6 Å². The minimum absolute atomic E-state index is 0.0597. The summed E-state index contributed by atoms with van der Waals surface area (Å²) in [6.45, 7) is 6.24. The molecule has 0 aliphatic rings. The summed E-state index contributed by atoms with van der Waals surface area (Å²) in [6, 6.07) is -0.193. The Labute approximate surface area is 112 Å². The lowest BCUT2D eigenvalue weighted by Gasteiger charge is -2.29. The van der Waals surface area contributed by atoms with Crippen LogP contribution in [0.15, 0.2) is 12.2 Å². The molecule has 0 heterocycles. The molecule has 0 aliphatic carbocycles. The molecule has 0 fully saturated rings. The first-order chi connectivity index (χ1) is 8.62. The van der Waals surface area contributed by atoms with Crippen molar-refractivity contribution < 1.29 is 9.53 Å². The molecule has 18 heavy (non-hydrogen) atoms. The zero-order valence-electron chi connectivity index (χ0n) is 12.5. The summed E-state index contributed by atoms with van der Waals surface area (Å²) < 4.78 is 5.55. The van der Waals surface area contributed by atoms with Crippen LogP contribution in [-0.4, -0.2) is 32.1 Å². The van der Waals surface area contributed by atoms with Crippen molar-refractivity contribution in [3.05, 3.63) is 12.2 Å². The molecular formula is C15H29NO2. The minimum Gasteiger partial charge on any atom is -0.379 e. The molecule has 0 aromatic heterocycles. The van der Waals surface area contributed by atoms with Crippen LogP contribution in [-0.2, 0) is 9.53 Å². The molecule has 3 atom stereocenters. The second kappa shape index (κ2) is 10.3. The largest absolute Gasteiger partial charge is 0.379 e. The van der Waals surface area contributed by atoms with Crippen molar-refractivity contribution >= 4 is 5.78 Å². The molecule has 106 valence electrons. The number of Topliss-reactive ketones (excluding diaryl/α,β-unsaturated/α-hetero) is 1. The van der Waals surface area contributed by atoms with E-state index in [2.05, 4.69) is 25.2 Å². The predicted octanol–water partition coefficient (Wildman–Crippen LogP) is 2.95. The van der Waals surface area contributed by atoms with E-state index in [1.54, 1.807) is 7.11 Å². The van der Waals surface area contributed by atoms with Gasteiger partial charge in [0.05, 0.1) is 12.1 Å². The maximum atomic E-state index is 12.2. The van der Waals surface area contributed by atoms with Crippen molar-refractivity contribution in [2.24, 2.45) is 5.92 Å². The molecule has 0 saturated heterocycles. The summed E-state index contributed by atoms with van der Waals surface area (Å²) in [5.74, 6) is 0.591. The van der Waals surface area contributed by atoms with E-state index in [1.165, 1.54) is 0 Å². The first kappa shape index (κ1) is 17.3. The van der Waals surface area contributed by atoms with Gasteiger partial charge in [-0.2, -0.15) is 0 Å². The van der Waals surface area contributed by atoms with Gasteiger partial charge in [0.1, 0.15) is 0 Å². The maximum Gasteiger partial charge on any atom is 0.152 e. The Morgan fingerprint density at radius 2 is 2.11 bits per heavy atom. The average molecular weight is 255 g/mol. The number of likely N-dealkylation sites (N-methyl/N-ethyl adjacent to an activating group) is 1. The topological polar surface area (TPSA) is 38.3 Å². The Hall–Kier alpha value is -0.670. The van der Waals surface area contributed by atoms with Gasteiger partial charge in [-0.15, -0.1) is 0 Å². The first-order valence-corrected chi connectivity index (χ1v) is 6.96. The Morgan fingerprint density at radius 3 is 2.56 bits per heavy atom. The number of hydrogen-bond donors (Lipinski definition) is 1. The number of ether oxygens (including phenoxy) is 1. The number of carbonyl (C=O) groups excluding carboxylic acids is 1. The van der Waals surface area contributed by atoms with Gasteiger partial charge in [0.2, 0.25) is 0 Å². The third-order valence-electron chi connectivity index (χ3n) is 3.34. The molecule has 0 aromatic carbocycles. The number of rotatable bonds is 10. The highest BCUT2D eigenvalue weighted by atomic mass is 16.5. The fourth-order valence-electron chi connectivity index (χ4n) is 2.20. The fraction of sp³-hybridized carbons (Fsp3) is 0.800. The predicted molar refractivity (Wildman–Crippen MR) is 76.8 cm³/mol. The molecule has 3 heteroatoms. The molecule has 0 spiro atoms. The lowest BCUT2D eigenvalue weighted by atomic mass is 9.90. The van der Waals surface area contributed by atoms with Gasteiger partial charge < -0.3 is 10.1 Å². The SMILES string of the molecule is C/C=C/C[C@@H](C)[C@@H](OC)[C@@H](NC)C(=O)CCCC. The van der Waals surface area contributed by atoms with Crippen LogP contribution in [0.2, 0.25) is 0 Å². The van der Waals surface area contributed by atoms with Crippen molar-refractivity contribution in [2.75, 3.05) is 14.2 Å². The van der Waals surface area contributed by atoms with Gasteiger partial charge in [-0.1, -0.05) is 32.4 Å². The van der Waals surface area contributed by atoms with Gasteiger partial charge >= 0.3 is 0 Å². The van der Waals surface area contributed by atoms with Crippen molar-refractivity contribution in [3.8, 4) is 0 Å². The molecule has 0 radical (unpaired) electrons. The van der Waals surface area contributed by atoms with Crippen molar-refractivity contribution in [1.82, 2.24) is 5.32 Å². The standard InChI is InChI=1S/C15H29NO2/c1-6-8-10-12(3)15(18-5)14(16-4)13(17)11-9-7-2/h6,8,12,14-16H,7,9-11H2,1-5H3/b8-6+/t12-,14+,15-/m1/s1. The minimum atomic E-state index is -0.193. The lowest BCUT2D eigenvalue weighted by molar-refractivity contribution is -0.125. The molecule has 0 unspecified atom stereocenters. The highest BCUT2D eigenvalue weighted by Crippen LogP contribution is 2.17. The quantitative estimate of drug-likeness (QED) is 0.610. The maximum absolute atomic E-state index is 12.2. The number of allylic oxidation sites excluding steroid dienone is 2. The Balaban J connectivity index is 4.59. The lowest BCUT2D eigenvalue weighted by Crippen LogP contribution is -2.48. The molecule has 0 bridgehead atoms. The second-order valence-electron chi connectivity index (χ2n) is 4.82. The van der Waals surface area contributed by atoms with E-state index in [4.69, 9.17) is 4.74 Å². The summed E-state index contributed by atoms with van der Waals surface area (Å²) in [7, 11) is 3.52. The smallest absolute Gasteiger partial charge is 0.152 e. The van der Waals surface area contributed by atoms with Crippen molar-refractivity contribution in [3.63, 3.8) is 0 Å². The van der Waals surface area contributed by atoms with Crippen molar-refractivity contribution in [1.29, 1.82) is 0 Å². The second-order valence-corrected chi connectivity index (χ2v) is 4.82. The van der Waals surface area contributed by atoms with Crippen LogP contribution in [0.4, 0.5) is 0 Å². The highest BCUT2D eigenvalue weighted by molar-refractivity contribution is 5.84. The molecule has 0 aliphatic heterocycles. The van der Waals surface area contributed by atoms with Gasteiger partial charge in [0.15, 0.2) is 5.78 Å². The van der Waals surface area contributed by atoms with E-state index in [1.807, 2.05) is 20.0 Å². The van der Waals surface area contributed by atoms with E-state index in [0.29, 0.717) is 12.3 Å². The molecule has 0 aromatic rings. The number of nitrogens with one attached hydrogen (secondary N) is 1. The summed E-state index contributed by atoms with van der Waals surface area (Å²) in [6.07, 6.45) is 7.68. The van der Waals surface area contributed by atoms with E-state index in [9.17, 15) is 4.79 Å². The number of hydrogen-bond acceptors (Lipinski definition) is 3. The van der Waals surface area contributed by atoms with Gasteiger partial charge in [-0.05, 0) is 32.7 Å². The van der Waals surface area contributed by atoms with Gasteiger partial charge in [-0.3, -0.25) is 4.79 Å². The Kier molecular flexibility index (Phi) is 9.89. The first-order valence-electron chi connectivity index (χ1n) is 6.96. The summed E-state index contributed by atoms with van der Waals surface area (Å²) in [5.41, 5.74) is 0.